The molecule has 0 fully saturated rings. The molecule has 0 saturated heterocycles. The summed E-state index contributed by atoms with van der Waals surface area (Å²) in [5, 5.41) is 0.119. The number of halogens is 2. The van der Waals surface area contributed by atoms with E-state index in [1.54, 1.807) is 12.1 Å². The first-order chi connectivity index (χ1) is 9.49. The van der Waals surface area contributed by atoms with Crippen molar-refractivity contribution < 1.29 is 0 Å². The third-order valence-electron chi connectivity index (χ3n) is 3.16. The zero-order valence-electron chi connectivity index (χ0n) is 11.2. The number of hydrogen-bond acceptors (Lipinski definition) is 2. The lowest BCUT2D eigenvalue weighted by Crippen LogP contribution is -2.36. The van der Waals surface area contributed by atoms with E-state index in [4.69, 9.17) is 11.6 Å². The molecule has 0 amide bonds. The van der Waals surface area contributed by atoms with E-state index in [0.29, 0.717) is 24.1 Å². The number of rotatable bonds is 3. The fraction of sp³-hybridized carbons (Fsp3) is 0.286. The molecule has 1 aromatic heterocycles. The van der Waals surface area contributed by atoms with Crippen LogP contribution in [0.1, 0.15) is 25.0 Å². The van der Waals surface area contributed by atoms with Crippen LogP contribution in [0.4, 0.5) is 0 Å². The standard InChI is InChI=1S/C14H14BrClN2O2/c1-3-8-7-9(15)5-6-11(8)18-13(19)10(4-2)12(16)17-14(18)20/h5-7H,3-4H2,1-2H3,(H,17,20). The molecule has 0 saturated carbocycles. The summed E-state index contributed by atoms with van der Waals surface area (Å²) < 4.78 is 2.06. The first-order valence-corrected chi connectivity index (χ1v) is 7.49. The fourth-order valence-electron chi connectivity index (χ4n) is 2.13. The van der Waals surface area contributed by atoms with Crippen LogP contribution in [0, 0.1) is 0 Å². The van der Waals surface area contributed by atoms with Crippen LogP contribution < -0.4 is 11.2 Å². The van der Waals surface area contributed by atoms with Gasteiger partial charge in [-0.1, -0.05) is 41.4 Å². The predicted molar refractivity (Wildman–Crippen MR) is 84.1 cm³/mol. The van der Waals surface area contributed by atoms with Crippen LogP contribution in [0.2, 0.25) is 5.15 Å². The third kappa shape index (κ3) is 2.60. The van der Waals surface area contributed by atoms with E-state index in [1.165, 1.54) is 0 Å². The molecule has 2 aromatic rings. The van der Waals surface area contributed by atoms with Crippen molar-refractivity contribution in [3.05, 3.63) is 59.8 Å². The summed E-state index contributed by atoms with van der Waals surface area (Å²) in [6.45, 7) is 3.80. The van der Waals surface area contributed by atoms with Gasteiger partial charge in [-0.05, 0) is 36.6 Å². The molecule has 1 heterocycles. The summed E-state index contributed by atoms with van der Waals surface area (Å²) in [5.74, 6) is 0. The largest absolute Gasteiger partial charge is 0.334 e. The number of hydrogen-bond donors (Lipinski definition) is 1. The lowest BCUT2D eigenvalue weighted by molar-refractivity contribution is 0.830. The van der Waals surface area contributed by atoms with Crippen LogP contribution in [0.3, 0.4) is 0 Å². The lowest BCUT2D eigenvalue weighted by atomic mass is 10.1. The highest BCUT2D eigenvalue weighted by atomic mass is 79.9. The summed E-state index contributed by atoms with van der Waals surface area (Å²) in [6.07, 6.45) is 1.18. The van der Waals surface area contributed by atoms with Gasteiger partial charge >= 0.3 is 5.69 Å². The first kappa shape index (κ1) is 15.1. The minimum atomic E-state index is -0.519. The molecule has 0 radical (unpaired) electrons. The summed E-state index contributed by atoms with van der Waals surface area (Å²) in [4.78, 5) is 27.1. The molecular weight excluding hydrogens is 344 g/mol. The average molecular weight is 358 g/mol. The molecule has 4 nitrogen and oxygen atoms in total. The Labute approximate surface area is 129 Å². The molecule has 0 spiro atoms. The highest BCUT2D eigenvalue weighted by Gasteiger charge is 2.14. The second kappa shape index (κ2) is 5.97. The molecular formula is C14H14BrClN2O2. The SMILES string of the molecule is CCc1cc(Br)ccc1-n1c(=O)[nH]c(Cl)c(CC)c1=O. The van der Waals surface area contributed by atoms with Crippen LogP contribution >= 0.6 is 27.5 Å². The minimum absolute atomic E-state index is 0.119. The quantitative estimate of drug-likeness (QED) is 0.858. The van der Waals surface area contributed by atoms with Crippen molar-refractivity contribution in [1.82, 2.24) is 9.55 Å². The Morgan fingerprint density at radius 3 is 2.55 bits per heavy atom. The van der Waals surface area contributed by atoms with E-state index in [9.17, 15) is 9.59 Å². The second-order valence-corrected chi connectivity index (χ2v) is 5.64. The molecule has 106 valence electrons. The number of aromatic nitrogens is 2. The van der Waals surface area contributed by atoms with E-state index in [2.05, 4.69) is 20.9 Å². The van der Waals surface area contributed by atoms with Gasteiger partial charge in [-0.25, -0.2) is 9.36 Å². The topological polar surface area (TPSA) is 54.9 Å². The van der Waals surface area contributed by atoms with Crippen molar-refractivity contribution in [3.63, 3.8) is 0 Å². The van der Waals surface area contributed by atoms with Gasteiger partial charge in [0.15, 0.2) is 0 Å². The van der Waals surface area contributed by atoms with Gasteiger partial charge in [-0.3, -0.25) is 9.78 Å². The van der Waals surface area contributed by atoms with E-state index < -0.39 is 5.69 Å². The number of aromatic amines is 1. The van der Waals surface area contributed by atoms with E-state index in [0.717, 1.165) is 14.6 Å². The zero-order chi connectivity index (χ0) is 14.9. The number of H-pyrrole nitrogens is 1. The maximum Gasteiger partial charge on any atom is 0.334 e. The highest BCUT2D eigenvalue weighted by molar-refractivity contribution is 9.10. The summed E-state index contributed by atoms with van der Waals surface area (Å²) in [7, 11) is 0. The van der Waals surface area contributed by atoms with Crippen LogP contribution in [0.15, 0.2) is 32.3 Å². The Morgan fingerprint density at radius 1 is 1.25 bits per heavy atom. The van der Waals surface area contributed by atoms with Crippen molar-refractivity contribution >= 4 is 27.5 Å². The molecule has 0 bridgehead atoms. The number of nitrogens with zero attached hydrogens (tertiary/aromatic N) is 1. The number of benzene rings is 1. The van der Waals surface area contributed by atoms with Crippen molar-refractivity contribution in [2.24, 2.45) is 0 Å². The normalized spacial score (nSPS) is 10.8. The van der Waals surface area contributed by atoms with E-state index in [-0.39, 0.29) is 10.7 Å². The van der Waals surface area contributed by atoms with Crippen LogP contribution in [0.5, 0.6) is 0 Å². The number of nitrogens with one attached hydrogen (secondary N) is 1. The summed E-state index contributed by atoms with van der Waals surface area (Å²) >= 11 is 9.31. The summed E-state index contributed by atoms with van der Waals surface area (Å²) in [6, 6.07) is 5.47. The Kier molecular flexibility index (Phi) is 4.50. The summed E-state index contributed by atoms with van der Waals surface area (Å²) in [5.41, 5.74) is 1.04. The Morgan fingerprint density at radius 2 is 1.95 bits per heavy atom. The molecule has 0 atom stereocenters. The van der Waals surface area contributed by atoms with E-state index >= 15 is 0 Å². The van der Waals surface area contributed by atoms with Gasteiger partial charge < -0.3 is 0 Å². The van der Waals surface area contributed by atoms with Gasteiger partial charge in [0.25, 0.3) is 5.56 Å². The molecule has 2 rings (SSSR count). The highest BCUT2D eigenvalue weighted by Crippen LogP contribution is 2.19. The van der Waals surface area contributed by atoms with Crippen molar-refractivity contribution in [3.8, 4) is 5.69 Å². The Balaban J connectivity index is 2.83. The molecule has 20 heavy (non-hydrogen) atoms. The van der Waals surface area contributed by atoms with Gasteiger partial charge in [0.05, 0.1) is 11.3 Å². The minimum Gasteiger partial charge on any atom is -0.297 e. The second-order valence-electron chi connectivity index (χ2n) is 4.34. The lowest BCUT2D eigenvalue weighted by Gasteiger charge is -2.12. The first-order valence-electron chi connectivity index (χ1n) is 6.32. The Hall–Kier alpha value is -1.33. The molecule has 0 unspecified atom stereocenters. The van der Waals surface area contributed by atoms with Gasteiger partial charge in [0, 0.05) is 4.47 Å². The smallest absolute Gasteiger partial charge is 0.297 e. The van der Waals surface area contributed by atoms with Crippen molar-refractivity contribution in [2.45, 2.75) is 26.7 Å². The molecule has 1 N–H and O–H groups in total. The average Bonchev–Trinajstić information content (AvgIpc) is 2.40. The number of aryl methyl sites for hydroxylation is 1. The van der Waals surface area contributed by atoms with Gasteiger partial charge in [0.2, 0.25) is 0 Å². The monoisotopic (exact) mass is 356 g/mol. The molecule has 1 aromatic carbocycles. The molecule has 0 aliphatic rings. The Bertz CT molecular complexity index is 765. The van der Waals surface area contributed by atoms with Crippen molar-refractivity contribution in [1.29, 1.82) is 0 Å². The van der Waals surface area contributed by atoms with Gasteiger partial charge in [0.1, 0.15) is 5.15 Å². The maximum absolute atomic E-state index is 12.4. The van der Waals surface area contributed by atoms with Crippen molar-refractivity contribution in [2.75, 3.05) is 0 Å². The molecule has 0 aliphatic heterocycles. The maximum atomic E-state index is 12.4. The molecule has 0 aliphatic carbocycles. The van der Waals surface area contributed by atoms with Gasteiger partial charge in [-0.15, -0.1) is 0 Å². The zero-order valence-corrected chi connectivity index (χ0v) is 13.5. The van der Waals surface area contributed by atoms with Crippen LogP contribution in [-0.2, 0) is 12.8 Å². The third-order valence-corrected chi connectivity index (χ3v) is 3.98. The predicted octanol–water partition coefficient (Wildman–Crippen LogP) is 3.07. The van der Waals surface area contributed by atoms with E-state index in [1.807, 2.05) is 19.9 Å². The van der Waals surface area contributed by atoms with Crippen LogP contribution in [-0.4, -0.2) is 9.55 Å². The molecule has 6 heteroatoms. The fourth-order valence-corrected chi connectivity index (χ4v) is 2.83. The van der Waals surface area contributed by atoms with Gasteiger partial charge in [-0.2, -0.15) is 0 Å². The van der Waals surface area contributed by atoms with Crippen LogP contribution in [0.25, 0.3) is 5.69 Å².